The van der Waals surface area contributed by atoms with E-state index in [1.807, 2.05) is 31.2 Å². The van der Waals surface area contributed by atoms with Crippen LogP contribution in [0.25, 0.3) is 0 Å². The highest BCUT2D eigenvalue weighted by Crippen LogP contribution is 2.11. The van der Waals surface area contributed by atoms with Crippen LogP contribution in [0.5, 0.6) is 0 Å². The van der Waals surface area contributed by atoms with Gasteiger partial charge in [-0.05, 0) is 20.3 Å². The highest BCUT2D eigenvalue weighted by molar-refractivity contribution is 14.0. The maximum atomic E-state index is 12.0. The molecule has 154 valence electrons. The van der Waals surface area contributed by atoms with E-state index < -0.39 is 9.84 Å². The summed E-state index contributed by atoms with van der Waals surface area (Å²) in [6.07, 6.45) is 0.727. The summed E-state index contributed by atoms with van der Waals surface area (Å²) < 4.78 is 22.9. The number of carbonyl (C=O) groups excluding carboxylic acids is 1. The molecule has 0 bridgehead atoms. The zero-order valence-electron chi connectivity index (χ0n) is 15.9. The van der Waals surface area contributed by atoms with Crippen molar-refractivity contribution in [1.82, 2.24) is 20.5 Å². The van der Waals surface area contributed by atoms with Gasteiger partial charge >= 0.3 is 0 Å². The first-order chi connectivity index (χ1) is 12.3. The summed E-state index contributed by atoms with van der Waals surface area (Å²) in [7, 11) is -1.06. The van der Waals surface area contributed by atoms with Crippen LogP contribution >= 0.6 is 35.3 Å². The van der Waals surface area contributed by atoms with E-state index in [9.17, 15) is 13.2 Å². The number of hydrogen-bond acceptors (Lipinski definition) is 6. The van der Waals surface area contributed by atoms with E-state index >= 15 is 0 Å². The number of guanidine groups is 1. The summed E-state index contributed by atoms with van der Waals surface area (Å²) >= 11 is 1.61. The Morgan fingerprint density at radius 1 is 1.48 bits per heavy atom. The summed E-state index contributed by atoms with van der Waals surface area (Å²) in [5, 5.41) is 9.04. The monoisotopic (exact) mass is 529 g/mol. The van der Waals surface area contributed by atoms with Crippen LogP contribution in [0.4, 0.5) is 0 Å². The van der Waals surface area contributed by atoms with Gasteiger partial charge in [0, 0.05) is 31.4 Å². The lowest BCUT2D eigenvalue weighted by Gasteiger charge is -2.21. The lowest BCUT2D eigenvalue weighted by molar-refractivity contribution is -0.121. The number of amides is 1. The summed E-state index contributed by atoms with van der Waals surface area (Å²) in [6.45, 7) is 5.67. The van der Waals surface area contributed by atoms with Gasteiger partial charge in [0.2, 0.25) is 5.91 Å². The molecule has 2 heterocycles. The van der Waals surface area contributed by atoms with Gasteiger partial charge in [-0.1, -0.05) is 0 Å². The number of rotatable bonds is 7. The lowest BCUT2D eigenvalue weighted by atomic mass is 10.2. The molecule has 1 fully saturated rings. The molecule has 8 nitrogen and oxygen atoms in total. The largest absolute Gasteiger partial charge is 0.357 e. The third-order valence-corrected chi connectivity index (χ3v) is 6.55. The molecule has 11 heteroatoms. The van der Waals surface area contributed by atoms with Gasteiger partial charge in [-0.15, -0.1) is 35.3 Å². The van der Waals surface area contributed by atoms with Crippen molar-refractivity contribution in [3.05, 3.63) is 16.1 Å². The van der Waals surface area contributed by atoms with Crippen molar-refractivity contribution in [2.24, 2.45) is 4.99 Å². The predicted octanol–water partition coefficient (Wildman–Crippen LogP) is 1.16. The van der Waals surface area contributed by atoms with Crippen molar-refractivity contribution in [2.45, 2.75) is 39.3 Å². The molecule has 1 aliphatic heterocycles. The number of thiazole rings is 1. The second kappa shape index (κ2) is 11.1. The highest BCUT2D eigenvalue weighted by atomic mass is 127. The molecule has 0 aromatic carbocycles. The minimum absolute atomic E-state index is 0. The topological polar surface area (TPSA) is 104 Å². The van der Waals surface area contributed by atoms with Crippen molar-refractivity contribution in [1.29, 1.82) is 0 Å². The molecule has 2 N–H and O–H groups in total. The summed E-state index contributed by atoms with van der Waals surface area (Å²) in [5.74, 6) is 0.751. The van der Waals surface area contributed by atoms with Gasteiger partial charge in [0.25, 0.3) is 0 Å². The lowest BCUT2D eigenvalue weighted by Crippen LogP contribution is -2.39. The van der Waals surface area contributed by atoms with E-state index in [-0.39, 0.29) is 53.9 Å². The molecule has 1 aromatic rings. The Kier molecular flexibility index (Phi) is 9.95. The van der Waals surface area contributed by atoms with Gasteiger partial charge in [0.15, 0.2) is 15.8 Å². The second-order valence-electron chi connectivity index (χ2n) is 6.37. The van der Waals surface area contributed by atoms with Crippen molar-refractivity contribution in [3.8, 4) is 0 Å². The number of aliphatic imine (C=N–C) groups is 1. The maximum Gasteiger partial charge on any atom is 0.222 e. The van der Waals surface area contributed by atoms with E-state index in [0.717, 1.165) is 23.2 Å². The standard InChI is InChI=1S/C16H27N5O3S2.HI/c1-4-17-16(21(3)9-14-10-25-12(2)19-14)18-7-5-15(22)20-13-6-8-26(23,24)11-13;/h10,13H,4-9,11H2,1-3H3,(H,17,18)(H,20,22);1H. The van der Waals surface area contributed by atoms with Crippen molar-refractivity contribution >= 4 is 57.0 Å². The fourth-order valence-corrected chi connectivity index (χ4v) is 5.02. The molecule has 1 amide bonds. The number of nitrogens with one attached hydrogen (secondary N) is 2. The Morgan fingerprint density at radius 3 is 2.78 bits per heavy atom. The van der Waals surface area contributed by atoms with Crippen LogP contribution in [0.1, 0.15) is 30.5 Å². The number of sulfone groups is 1. The molecule has 1 unspecified atom stereocenters. The van der Waals surface area contributed by atoms with E-state index in [2.05, 4.69) is 20.6 Å². The third kappa shape index (κ3) is 8.30. The first-order valence-electron chi connectivity index (χ1n) is 8.69. The number of halogens is 1. The minimum Gasteiger partial charge on any atom is -0.357 e. The molecule has 0 spiro atoms. The molecular weight excluding hydrogens is 501 g/mol. The Labute approximate surface area is 182 Å². The molecule has 2 rings (SSSR count). The molecule has 1 aromatic heterocycles. The number of nitrogens with zero attached hydrogens (tertiary/aromatic N) is 3. The first-order valence-corrected chi connectivity index (χ1v) is 11.4. The van der Waals surface area contributed by atoms with E-state index in [4.69, 9.17) is 0 Å². The van der Waals surface area contributed by atoms with Crippen molar-refractivity contribution in [2.75, 3.05) is 31.6 Å². The minimum atomic E-state index is -2.99. The summed E-state index contributed by atoms with van der Waals surface area (Å²) in [5.41, 5.74) is 0.987. The van der Waals surface area contributed by atoms with Gasteiger partial charge in [0.1, 0.15) is 0 Å². The number of carbonyl (C=O) groups is 1. The van der Waals surface area contributed by atoms with Crippen LogP contribution in [0.3, 0.4) is 0 Å². The number of aromatic nitrogens is 1. The highest BCUT2D eigenvalue weighted by Gasteiger charge is 2.28. The second-order valence-corrected chi connectivity index (χ2v) is 9.66. The van der Waals surface area contributed by atoms with E-state index in [1.165, 1.54) is 0 Å². The van der Waals surface area contributed by atoms with E-state index in [0.29, 0.717) is 19.5 Å². The van der Waals surface area contributed by atoms with Crippen LogP contribution in [0.15, 0.2) is 10.4 Å². The zero-order valence-corrected chi connectivity index (χ0v) is 19.9. The molecule has 1 aliphatic rings. The third-order valence-electron chi connectivity index (χ3n) is 3.96. The SMILES string of the molecule is CCNC(=NCCC(=O)NC1CCS(=O)(=O)C1)N(C)Cc1csc(C)n1.I. The predicted molar refractivity (Wildman–Crippen MR) is 120 cm³/mol. The molecule has 0 saturated carbocycles. The summed E-state index contributed by atoms with van der Waals surface area (Å²) in [4.78, 5) is 22.9. The molecule has 1 saturated heterocycles. The quantitative estimate of drug-likeness (QED) is 0.312. The smallest absolute Gasteiger partial charge is 0.222 e. The van der Waals surface area contributed by atoms with Crippen molar-refractivity contribution < 1.29 is 13.2 Å². The van der Waals surface area contributed by atoms with Gasteiger partial charge < -0.3 is 15.5 Å². The van der Waals surface area contributed by atoms with Crippen molar-refractivity contribution in [3.63, 3.8) is 0 Å². The number of hydrogen-bond donors (Lipinski definition) is 2. The van der Waals surface area contributed by atoms with Gasteiger partial charge in [-0.2, -0.15) is 0 Å². The molecule has 0 aliphatic carbocycles. The van der Waals surface area contributed by atoms with Gasteiger partial charge in [-0.3, -0.25) is 9.79 Å². The first kappa shape index (κ1) is 24.1. The maximum absolute atomic E-state index is 12.0. The zero-order chi connectivity index (χ0) is 19.2. The fourth-order valence-electron chi connectivity index (χ4n) is 2.74. The average Bonchev–Trinajstić information content (AvgIpc) is 3.11. The normalized spacial score (nSPS) is 18.6. The van der Waals surface area contributed by atoms with Crippen LogP contribution in [-0.2, 0) is 21.2 Å². The molecule has 0 radical (unpaired) electrons. The van der Waals surface area contributed by atoms with Gasteiger partial charge in [0.05, 0.1) is 35.3 Å². The molecule has 27 heavy (non-hydrogen) atoms. The Bertz CT molecular complexity index is 751. The summed E-state index contributed by atoms with van der Waals surface area (Å²) in [6, 6.07) is -0.264. The Balaban J connectivity index is 0.00000364. The fraction of sp³-hybridized carbons (Fsp3) is 0.688. The molecule has 1 atom stereocenters. The van der Waals surface area contributed by atoms with Crippen LogP contribution in [0.2, 0.25) is 0 Å². The van der Waals surface area contributed by atoms with Crippen LogP contribution < -0.4 is 10.6 Å². The average molecular weight is 529 g/mol. The number of aryl methyl sites for hydroxylation is 1. The Hall–Kier alpha value is -0.950. The van der Waals surface area contributed by atoms with Crippen LogP contribution in [0, 0.1) is 6.92 Å². The molecular formula is C16H28IN5O3S2. The van der Waals surface area contributed by atoms with Crippen LogP contribution in [-0.4, -0.2) is 67.9 Å². The van der Waals surface area contributed by atoms with E-state index in [1.54, 1.807) is 11.3 Å². The Morgan fingerprint density at radius 2 is 2.22 bits per heavy atom. The van der Waals surface area contributed by atoms with Gasteiger partial charge in [-0.25, -0.2) is 13.4 Å².